The Bertz CT molecular complexity index is 1240. The van der Waals surface area contributed by atoms with Gasteiger partial charge in [0.15, 0.2) is 0 Å². The second-order valence-corrected chi connectivity index (χ2v) is 8.77. The zero-order valence-corrected chi connectivity index (χ0v) is 19.3. The number of esters is 1. The molecular formula is C27H27N3O4. The molecule has 0 bridgehead atoms. The Morgan fingerprint density at radius 2 is 1.74 bits per heavy atom. The van der Waals surface area contributed by atoms with Crippen LogP contribution in [0.2, 0.25) is 0 Å². The zero-order valence-electron chi connectivity index (χ0n) is 19.3. The second kappa shape index (κ2) is 8.82. The lowest BCUT2D eigenvalue weighted by molar-refractivity contribution is -0.147. The molecule has 1 spiro atoms. The zero-order chi connectivity index (χ0) is 23.7. The van der Waals surface area contributed by atoms with Gasteiger partial charge in [0, 0.05) is 5.57 Å². The van der Waals surface area contributed by atoms with Gasteiger partial charge < -0.3 is 14.8 Å². The first-order chi connectivity index (χ1) is 16.5. The molecule has 0 aromatic heterocycles. The number of ether oxygens (including phenoxy) is 2. The first-order valence-corrected chi connectivity index (χ1v) is 11.6. The molecule has 1 fully saturated rings. The number of anilines is 1. The summed E-state index contributed by atoms with van der Waals surface area (Å²) >= 11 is 0. The first-order valence-electron chi connectivity index (χ1n) is 11.6. The van der Waals surface area contributed by atoms with Crippen molar-refractivity contribution in [3.8, 4) is 5.75 Å². The van der Waals surface area contributed by atoms with Crippen molar-refractivity contribution in [3.63, 3.8) is 0 Å². The van der Waals surface area contributed by atoms with Crippen LogP contribution in [0.4, 0.5) is 5.69 Å². The van der Waals surface area contributed by atoms with Gasteiger partial charge in [0.05, 0.1) is 18.4 Å². The maximum Gasteiger partial charge on any atom is 0.339 e. The predicted octanol–water partition coefficient (Wildman–Crippen LogP) is 4.58. The third-order valence-electron chi connectivity index (χ3n) is 6.68. The number of aliphatic imine (C=N–C) groups is 1. The van der Waals surface area contributed by atoms with Crippen LogP contribution in [0.1, 0.15) is 44.6 Å². The van der Waals surface area contributed by atoms with Crippen molar-refractivity contribution < 1.29 is 19.1 Å². The summed E-state index contributed by atoms with van der Waals surface area (Å²) in [5.41, 5.74) is 3.00. The fourth-order valence-corrected chi connectivity index (χ4v) is 5.10. The normalized spacial score (nSPS) is 20.7. The van der Waals surface area contributed by atoms with Crippen molar-refractivity contribution in [1.29, 1.82) is 0 Å². The molecule has 34 heavy (non-hydrogen) atoms. The van der Waals surface area contributed by atoms with Crippen LogP contribution in [0.15, 0.2) is 76.4 Å². The molecule has 5 rings (SSSR count). The van der Waals surface area contributed by atoms with Crippen molar-refractivity contribution >= 4 is 29.1 Å². The van der Waals surface area contributed by atoms with Gasteiger partial charge in [-0.15, -0.1) is 0 Å². The Hall–Kier alpha value is -3.87. The van der Waals surface area contributed by atoms with Crippen LogP contribution < -0.4 is 15.4 Å². The summed E-state index contributed by atoms with van der Waals surface area (Å²) in [4.78, 5) is 30.7. The minimum absolute atomic E-state index is 0.200. The van der Waals surface area contributed by atoms with E-state index in [4.69, 9.17) is 9.47 Å². The minimum atomic E-state index is -0.648. The largest absolute Gasteiger partial charge is 0.495 e. The van der Waals surface area contributed by atoms with Crippen molar-refractivity contribution in [2.24, 2.45) is 4.99 Å². The van der Waals surface area contributed by atoms with Crippen LogP contribution in [0, 0.1) is 0 Å². The number of hydrogen-bond acceptors (Lipinski definition) is 6. The Morgan fingerprint density at radius 1 is 1.03 bits per heavy atom. The van der Waals surface area contributed by atoms with E-state index >= 15 is 0 Å². The third-order valence-corrected chi connectivity index (χ3v) is 6.68. The smallest absolute Gasteiger partial charge is 0.339 e. The van der Waals surface area contributed by atoms with E-state index in [9.17, 15) is 9.59 Å². The second-order valence-electron chi connectivity index (χ2n) is 8.77. The van der Waals surface area contributed by atoms with Gasteiger partial charge in [-0.2, -0.15) is 0 Å². The van der Waals surface area contributed by atoms with E-state index in [0.29, 0.717) is 22.6 Å². The fraction of sp³-hybridized carbons (Fsp3) is 0.296. The average Bonchev–Trinajstić information content (AvgIpc) is 3.36. The summed E-state index contributed by atoms with van der Waals surface area (Å²) in [6.45, 7) is 1.77. The number of rotatable bonds is 4. The standard InChI is InChI=1S/C27H27N3O4/c1-17(23-24(31)30-26(29-23)28-19-13-7-8-14-20(19)33-2)21-22(18-11-5-3-6-12-18)27(34-25(21)32)15-9-4-10-16-27/h3,5-8,11-14H,4,9-10,15-16H2,1-2H3,(H2,28,29,30,31)/b23-17+. The molecule has 2 aliphatic heterocycles. The minimum Gasteiger partial charge on any atom is -0.495 e. The van der Waals surface area contributed by atoms with Crippen LogP contribution >= 0.6 is 0 Å². The number of guanidine groups is 1. The number of para-hydroxylation sites is 2. The highest BCUT2D eigenvalue weighted by Gasteiger charge is 2.49. The first kappa shape index (κ1) is 21.9. The summed E-state index contributed by atoms with van der Waals surface area (Å²) in [6.07, 6.45) is 4.69. The van der Waals surface area contributed by atoms with E-state index < -0.39 is 5.60 Å². The van der Waals surface area contributed by atoms with E-state index in [0.717, 1.165) is 43.2 Å². The Balaban J connectivity index is 1.60. The lowest BCUT2D eigenvalue weighted by Crippen LogP contribution is -2.33. The lowest BCUT2D eigenvalue weighted by Gasteiger charge is -2.34. The maximum atomic E-state index is 13.3. The van der Waals surface area contributed by atoms with Gasteiger partial charge in [-0.1, -0.05) is 48.9 Å². The monoisotopic (exact) mass is 457 g/mol. The average molecular weight is 458 g/mol. The Kier molecular flexibility index (Phi) is 5.69. The van der Waals surface area contributed by atoms with E-state index in [1.807, 2.05) is 54.6 Å². The molecule has 0 saturated heterocycles. The van der Waals surface area contributed by atoms with Gasteiger partial charge in [0.25, 0.3) is 5.91 Å². The molecule has 2 aromatic rings. The number of carbonyl (C=O) groups is 2. The molecule has 0 radical (unpaired) electrons. The summed E-state index contributed by atoms with van der Waals surface area (Å²) in [6, 6.07) is 17.2. The molecule has 2 aromatic carbocycles. The third kappa shape index (κ3) is 3.77. The van der Waals surface area contributed by atoms with Gasteiger partial charge in [0.2, 0.25) is 5.96 Å². The number of amides is 1. The van der Waals surface area contributed by atoms with Gasteiger partial charge in [-0.05, 0) is 55.9 Å². The van der Waals surface area contributed by atoms with E-state index in [1.165, 1.54) is 0 Å². The number of carbonyl (C=O) groups excluding carboxylic acids is 2. The molecule has 0 unspecified atom stereocenters. The summed E-state index contributed by atoms with van der Waals surface area (Å²) in [7, 11) is 1.58. The molecular weight excluding hydrogens is 430 g/mol. The molecule has 174 valence electrons. The molecule has 1 amide bonds. The van der Waals surface area contributed by atoms with E-state index in [2.05, 4.69) is 15.6 Å². The SMILES string of the molecule is COc1ccccc1NC1=N/C(=C(\C)C2=C(c3ccccc3)C3(CCCCC3)OC2=O)C(=O)N1. The van der Waals surface area contributed by atoms with Gasteiger partial charge >= 0.3 is 5.97 Å². The van der Waals surface area contributed by atoms with E-state index in [1.54, 1.807) is 14.0 Å². The van der Waals surface area contributed by atoms with Crippen molar-refractivity contribution in [3.05, 3.63) is 77.0 Å². The van der Waals surface area contributed by atoms with Crippen LogP contribution in [0.5, 0.6) is 5.75 Å². The summed E-state index contributed by atoms with van der Waals surface area (Å²) in [5, 5.41) is 5.86. The molecule has 2 heterocycles. The molecule has 7 heteroatoms. The molecule has 1 aliphatic carbocycles. The molecule has 2 N–H and O–H groups in total. The molecule has 1 saturated carbocycles. The fourth-order valence-electron chi connectivity index (χ4n) is 5.10. The van der Waals surface area contributed by atoms with Crippen LogP contribution in [0.3, 0.4) is 0 Å². The Labute approximate surface area is 198 Å². The molecule has 7 nitrogen and oxygen atoms in total. The highest BCUT2D eigenvalue weighted by molar-refractivity contribution is 6.18. The predicted molar refractivity (Wildman–Crippen MR) is 130 cm³/mol. The maximum absolute atomic E-state index is 13.3. The Morgan fingerprint density at radius 3 is 2.47 bits per heavy atom. The summed E-state index contributed by atoms with van der Waals surface area (Å²) in [5.74, 6) is 0.151. The number of methoxy groups -OCH3 is 1. The van der Waals surface area contributed by atoms with Gasteiger partial charge in [-0.3, -0.25) is 10.1 Å². The van der Waals surface area contributed by atoms with Crippen LogP contribution in [-0.2, 0) is 14.3 Å². The molecule has 0 atom stereocenters. The van der Waals surface area contributed by atoms with Crippen molar-refractivity contribution in [2.45, 2.75) is 44.6 Å². The van der Waals surface area contributed by atoms with Crippen molar-refractivity contribution in [1.82, 2.24) is 5.32 Å². The topological polar surface area (TPSA) is 89.0 Å². The quantitative estimate of drug-likeness (QED) is 0.518. The highest BCUT2D eigenvalue weighted by Crippen LogP contribution is 2.50. The lowest BCUT2D eigenvalue weighted by atomic mass is 9.75. The number of benzene rings is 2. The molecule has 3 aliphatic rings. The van der Waals surface area contributed by atoms with Gasteiger partial charge in [-0.25, -0.2) is 9.79 Å². The van der Waals surface area contributed by atoms with Crippen LogP contribution in [-0.4, -0.2) is 30.5 Å². The van der Waals surface area contributed by atoms with E-state index in [-0.39, 0.29) is 23.5 Å². The number of hydrogen-bond donors (Lipinski definition) is 2. The van der Waals surface area contributed by atoms with Gasteiger partial charge in [0.1, 0.15) is 17.0 Å². The van der Waals surface area contributed by atoms with Crippen molar-refractivity contribution in [2.75, 3.05) is 12.4 Å². The number of nitrogens with zero attached hydrogens (tertiary/aromatic N) is 1. The number of nitrogens with one attached hydrogen (secondary N) is 2. The summed E-state index contributed by atoms with van der Waals surface area (Å²) < 4.78 is 11.4. The highest BCUT2D eigenvalue weighted by atomic mass is 16.6. The van der Waals surface area contributed by atoms with Crippen LogP contribution in [0.25, 0.3) is 5.57 Å².